The van der Waals surface area contributed by atoms with Gasteiger partial charge >= 0.3 is 0 Å². The summed E-state index contributed by atoms with van der Waals surface area (Å²) in [6.07, 6.45) is 2.37. The molecule has 0 saturated heterocycles. The van der Waals surface area contributed by atoms with Crippen molar-refractivity contribution >= 4 is 40.7 Å². The number of allylic oxidation sites excluding steroid dienone is 1. The van der Waals surface area contributed by atoms with Gasteiger partial charge in [0.1, 0.15) is 11.6 Å². The Kier molecular flexibility index (Phi) is 8.68. The summed E-state index contributed by atoms with van der Waals surface area (Å²) in [5, 5.41) is 12.5. The van der Waals surface area contributed by atoms with Crippen molar-refractivity contribution in [3.63, 3.8) is 0 Å². The van der Waals surface area contributed by atoms with Crippen LogP contribution in [-0.4, -0.2) is 39.3 Å². The largest absolute Gasteiger partial charge is 0.497 e. The summed E-state index contributed by atoms with van der Waals surface area (Å²) in [6.45, 7) is 6.17. The second-order valence-electron chi connectivity index (χ2n) is 7.25. The molecule has 1 aromatic heterocycles. The first-order chi connectivity index (χ1) is 15.9. The van der Waals surface area contributed by atoms with Crippen molar-refractivity contribution in [2.24, 2.45) is 0 Å². The molecule has 0 bridgehead atoms. The Bertz CT molecular complexity index is 1150. The molecule has 3 aromatic rings. The van der Waals surface area contributed by atoms with Crippen LogP contribution in [0.4, 0.5) is 5.69 Å². The molecule has 3 rings (SSSR count). The third-order valence-corrected chi connectivity index (χ3v) is 6.25. The highest BCUT2D eigenvalue weighted by Gasteiger charge is 2.16. The van der Waals surface area contributed by atoms with Crippen molar-refractivity contribution in [1.82, 2.24) is 14.8 Å². The van der Waals surface area contributed by atoms with Gasteiger partial charge in [-0.05, 0) is 48.9 Å². The minimum atomic E-state index is -0.146. The van der Waals surface area contributed by atoms with Crippen LogP contribution in [0.3, 0.4) is 0 Å². The number of hydrogen-bond donors (Lipinski definition) is 1. The zero-order valence-corrected chi connectivity index (χ0v) is 20.1. The number of ether oxygens (including phenoxy) is 1. The van der Waals surface area contributed by atoms with Crippen LogP contribution in [-0.2, 0) is 17.8 Å². The maximum absolute atomic E-state index is 12.5. The number of nitrogens with one attached hydrogen (secondary N) is 1. The van der Waals surface area contributed by atoms with Crippen LogP contribution in [0.25, 0.3) is 0 Å². The Labute approximate surface area is 202 Å². The second kappa shape index (κ2) is 11.7. The van der Waals surface area contributed by atoms with Gasteiger partial charge in [0.2, 0.25) is 5.91 Å². The first-order valence-corrected chi connectivity index (χ1v) is 11.7. The van der Waals surface area contributed by atoms with E-state index in [1.54, 1.807) is 43.5 Å². The number of thioether (sulfide) groups is 1. The van der Waals surface area contributed by atoms with Gasteiger partial charge in [-0.15, -0.1) is 16.8 Å². The van der Waals surface area contributed by atoms with Crippen molar-refractivity contribution < 1.29 is 14.3 Å². The number of ketones is 1. The quantitative estimate of drug-likeness (QED) is 0.234. The number of aromatic nitrogens is 3. The molecule has 0 unspecified atom stereocenters. The molecule has 0 atom stereocenters. The Morgan fingerprint density at radius 2 is 1.97 bits per heavy atom. The van der Waals surface area contributed by atoms with Crippen LogP contribution in [0.1, 0.15) is 28.2 Å². The lowest BCUT2D eigenvalue weighted by Gasteiger charge is -2.09. The van der Waals surface area contributed by atoms with E-state index >= 15 is 0 Å². The summed E-state index contributed by atoms with van der Waals surface area (Å²) in [5.74, 6) is 1.41. The fourth-order valence-corrected chi connectivity index (χ4v) is 4.07. The number of methoxy groups -OCH3 is 1. The number of anilines is 1. The minimum absolute atomic E-state index is 0.0199. The SMILES string of the molecule is C=CCn1c(CCC(=O)Nc2ccc(C)c(Cl)c2)nnc1SCC(=O)c1ccc(OC)cc1. The average Bonchev–Trinajstić information content (AvgIpc) is 3.20. The predicted molar refractivity (Wildman–Crippen MR) is 131 cm³/mol. The number of nitrogens with zero attached hydrogens (tertiary/aromatic N) is 3. The molecule has 1 N–H and O–H groups in total. The number of rotatable bonds is 11. The van der Waals surface area contributed by atoms with E-state index in [1.165, 1.54) is 11.8 Å². The van der Waals surface area contributed by atoms with Gasteiger partial charge in [-0.1, -0.05) is 35.5 Å². The number of carbonyl (C=O) groups is 2. The Morgan fingerprint density at radius 3 is 2.64 bits per heavy atom. The van der Waals surface area contributed by atoms with E-state index in [-0.39, 0.29) is 23.9 Å². The number of Topliss-reactive ketones (excluding diaryl/α,β-unsaturated/α-hetero) is 1. The van der Waals surface area contributed by atoms with Crippen LogP contribution in [0.2, 0.25) is 5.02 Å². The number of hydrogen-bond acceptors (Lipinski definition) is 6. The fourth-order valence-electron chi connectivity index (χ4n) is 3.03. The first kappa shape index (κ1) is 24.5. The van der Waals surface area contributed by atoms with Gasteiger partial charge in [0.25, 0.3) is 0 Å². The molecule has 0 aliphatic heterocycles. The van der Waals surface area contributed by atoms with Crippen molar-refractivity contribution in [1.29, 1.82) is 0 Å². The van der Waals surface area contributed by atoms with E-state index in [9.17, 15) is 9.59 Å². The van der Waals surface area contributed by atoms with Crippen molar-refractivity contribution in [3.8, 4) is 5.75 Å². The summed E-state index contributed by atoms with van der Waals surface area (Å²) in [4.78, 5) is 24.9. The van der Waals surface area contributed by atoms with E-state index in [2.05, 4.69) is 22.1 Å². The Morgan fingerprint density at radius 1 is 1.21 bits per heavy atom. The second-order valence-corrected chi connectivity index (χ2v) is 8.60. The van der Waals surface area contributed by atoms with E-state index in [0.717, 1.165) is 5.56 Å². The van der Waals surface area contributed by atoms with E-state index in [1.807, 2.05) is 23.6 Å². The molecule has 172 valence electrons. The van der Waals surface area contributed by atoms with Crippen LogP contribution < -0.4 is 10.1 Å². The smallest absolute Gasteiger partial charge is 0.224 e. The number of aryl methyl sites for hydroxylation is 2. The molecule has 1 heterocycles. The summed E-state index contributed by atoms with van der Waals surface area (Å²) in [6, 6.07) is 12.4. The lowest BCUT2D eigenvalue weighted by molar-refractivity contribution is -0.116. The predicted octanol–water partition coefficient (Wildman–Crippen LogP) is 4.98. The van der Waals surface area contributed by atoms with Gasteiger partial charge in [0.15, 0.2) is 10.9 Å². The van der Waals surface area contributed by atoms with Gasteiger partial charge in [0.05, 0.1) is 12.9 Å². The molecule has 9 heteroatoms. The highest BCUT2D eigenvalue weighted by atomic mass is 35.5. The molecule has 0 fully saturated rings. The topological polar surface area (TPSA) is 86.1 Å². The summed E-state index contributed by atoms with van der Waals surface area (Å²) >= 11 is 7.43. The van der Waals surface area contributed by atoms with Crippen molar-refractivity contribution in [2.45, 2.75) is 31.5 Å². The van der Waals surface area contributed by atoms with Crippen LogP contribution in [0.5, 0.6) is 5.75 Å². The summed E-state index contributed by atoms with van der Waals surface area (Å²) in [5.41, 5.74) is 2.20. The summed E-state index contributed by atoms with van der Waals surface area (Å²) < 4.78 is 6.99. The minimum Gasteiger partial charge on any atom is -0.497 e. The van der Waals surface area contributed by atoms with E-state index in [4.69, 9.17) is 16.3 Å². The zero-order chi connectivity index (χ0) is 23.8. The molecule has 1 amide bonds. The standard InChI is InChI=1S/C24H25ClN4O3S/c1-4-13-29-22(11-12-23(31)26-18-8-5-16(2)20(25)14-18)27-28-24(29)33-15-21(30)17-6-9-19(32-3)10-7-17/h4-10,14H,1,11-13,15H2,2-3H3,(H,26,31). The fraction of sp³-hybridized carbons (Fsp3) is 0.250. The molecule has 0 aliphatic carbocycles. The molecule has 2 aromatic carbocycles. The van der Waals surface area contributed by atoms with Crippen LogP contribution >= 0.6 is 23.4 Å². The monoisotopic (exact) mass is 484 g/mol. The Balaban J connectivity index is 1.59. The van der Waals surface area contributed by atoms with Gasteiger partial charge in [-0.3, -0.25) is 9.59 Å². The number of halogens is 1. The van der Waals surface area contributed by atoms with Gasteiger partial charge in [0, 0.05) is 35.7 Å². The van der Waals surface area contributed by atoms with E-state index < -0.39 is 0 Å². The molecular formula is C24H25ClN4O3S. The first-order valence-electron chi connectivity index (χ1n) is 10.3. The molecule has 7 nitrogen and oxygen atoms in total. The highest BCUT2D eigenvalue weighted by Crippen LogP contribution is 2.22. The van der Waals surface area contributed by atoms with Gasteiger partial charge in [-0.2, -0.15) is 0 Å². The summed E-state index contributed by atoms with van der Waals surface area (Å²) in [7, 11) is 1.58. The third-order valence-electron chi connectivity index (χ3n) is 4.88. The molecule has 0 radical (unpaired) electrons. The highest BCUT2D eigenvalue weighted by molar-refractivity contribution is 7.99. The molecule has 0 saturated carbocycles. The molecular weight excluding hydrogens is 460 g/mol. The van der Waals surface area contributed by atoms with Crippen molar-refractivity contribution in [2.75, 3.05) is 18.2 Å². The lowest BCUT2D eigenvalue weighted by Crippen LogP contribution is -2.14. The van der Waals surface area contributed by atoms with E-state index in [0.29, 0.717) is 46.0 Å². The maximum Gasteiger partial charge on any atom is 0.224 e. The van der Waals surface area contributed by atoms with Crippen LogP contribution in [0, 0.1) is 6.92 Å². The maximum atomic E-state index is 12.5. The van der Waals surface area contributed by atoms with Crippen molar-refractivity contribution in [3.05, 3.63) is 77.1 Å². The third kappa shape index (κ3) is 6.69. The number of amides is 1. The van der Waals surface area contributed by atoms with Crippen LogP contribution in [0.15, 0.2) is 60.3 Å². The zero-order valence-electron chi connectivity index (χ0n) is 18.5. The lowest BCUT2D eigenvalue weighted by atomic mass is 10.1. The van der Waals surface area contributed by atoms with Gasteiger partial charge in [-0.25, -0.2) is 0 Å². The molecule has 0 spiro atoms. The Hall–Kier alpha value is -3.10. The normalized spacial score (nSPS) is 10.6. The van der Waals surface area contributed by atoms with Gasteiger partial charge < -0.3 is 14.6 Å². The number of benzene rings is 2. The average molecular weight is 485 g/mol. The number of carbonyl (C=O) groups excluding carboxylic acids is 2. The molecule has 0 aliphatic rings. The molecule has 33 heavy (non-hydrogen) atoms.